The molecule has 0 spiro atoms. The average molecular weight is 540 g/mol. The molecule has 3 fully saturated rings. The molecule has 2 aromatic heterocycles. The monoisotopic (exact) mass is 539 g/mol. The lowest BCUT2D eigenvalue weighted by Gasteiger charge is -2.56. The summed E-state index contributed by atoms with van der Waals surface area (Å²) in [4.78, 5) is 58.8. The fourth-order valence-electron chi connectivity index (χ4n) is 4.42. The van der Waals surface area contributed by atoms with E-state index in [0.29, 0.717) is 0 Å². The molecule has 0 unspecified atom stereocenters. The number of nitrogens with two attached hydrogens (primary N) is 1. The Balaban J connectivity index is 1.34. The average Bonchev–Trinajstić information content (AvgIpc) is 3.56. The zero-order chi connectivity index (χ0) is 25.6. The number of tetrazole rings is 1. The number of rotatable bonds is 8. The number of nitrogens with one attached hydrogen (secondary N) is 2. The van der Waals surface area contributed by atoms with Crippen molar-refractivity contribution in [2.24, 2.45) is 17.0 Å². The third-order valence-corrected chi connectivity index (χ3v) is 8.36. The van der Waals surface area contributed by atoms with Crippen molar-refractivity contribution >= 4 is 57.1 Å². The molecule has 17 nitrogen and oxygen atoms in total. The number of carbonyl (C=O) groups excluding carboxylic acids is 3. The van der Waals surface area contributed by atoms with Crippen molar-refractivity contribution in [2.45, 2.75) is 17.5 Å². The van der Waals surface area contributed by atoms with Gasteiger partial charge in [-0.1, -0.05) is 5.16 Å². The van der Waals surface area contributed by atoms with E-state index in [1.54, 1.807) is 0 Å². The van der Waals surface area contributed by atoms with Crippen LogP contribution in [-0.4, -0.2) is 93.9 Å². The van der Waals surface area contributed by atoms with E-state index in [1.807, 2.05) is 0 Å². The SMILES string of the molecule is Nc1nc(/C(=N/OCC(=O)O)C(=O)NC[C@@H]2C(=O)N3[C@@H]2[S@@+]([O-])C[C@@H]2CC(=O)O[C@@]23c2nnn[nH]2)cs1. The van der Waals surface area contributed by atoms with E-state index in [2.05, 4.69) is 40.9 Å². The second kappa shape index (κ2) is 8.99. The number of hydrogen-bond acceptors (Lipinski definition) is 14. The zero-order valence-corrected chi connectivity index (χ0v) is 19.7. The predicted octanol–water partition coefficient (Wildman–Crippen LogP) is -2.88. The molecule has 5 atom stereocenters. The number of nitrogen functional groups attached to an aromatic ring is 1. The maximum absolute atomic E-state index is 13.2. The third kappa shape index (κ3) is 3.80. The number of esters is 1. The molecule has 0 saturated carbocycles. The normalized spacial score (nSPS) is 29.1. The number of H-pyrrole nitrogens is 1. The topological polar surface area (TPSA) is 251 Å². The number of ether oxygens (including phenoxy) is 1. The fourth-order valence-corrected chi connectivity index (χ4v) is 6.98. The summed E-state index contributed by atoms with van der Waals surface area (Å²) in [7, 11) is 0. The van der Waals surface area contributed by atoms with Gasteiger partial charge in [0.15, 0.2) is 10.8 Å². The molecule has 2 amide bonds. The van der Waals surface area contributed by atoms with E-state index >= 15 is 0 Å². The molecule has 0 radical (unpaired) electrons. The van der Waals surface area contributed by atoms with Gasteiger partial charge in [-0.25, -0.2) is 19.8 Å². The molecule has 0 aromatic carbocycles. The van der Waals surface area contributed by atoms with Crippen molar-refractivity contribution in [3.05, 3.63) is 16.9 Å². The molecule has 5 heterocycles. The summed E-state index contributed by atoms with van der Waals surface area (Å²) in [6, 6.07) is 0. The minimum absolute atomic E-state index is 0.0423. The highest BCUT2D eigenvalue weighted by Gasteiger charge is 2.74. The van der Waals surface area contributed by atoms with Crippen LogP contribution in [0, 0.1) is 11.8 Å². The lowest BCUT2D eigenvalue weighted by molar-refractivity contribution is -0.215. The summed E-state index contributed by atoms with van der Waals surface area (Å²) >= 11 is -0.543. The highest BCUT2D eigenvalue weighted by atomic mass is 32.2. The Morgan fingerprint density at radius 3 is 2.97 bits per heavy atom. The quantitative estimate of drug-likeness (QED) is 0.0866. The van der Waals surface area contributed by atoms with E-state index in [1.165, 1.54) is 10.3 Å². The van der Waals surface area contributed by atoms with E-state index < -0.39 is 64.5 Å². The molecular weight excluding hydrogens is 522 g/mol. The molecule has 19 heteroatoms. The highest BCUT2D eigenvalue weighted by molar-refractivity contribution is 7.92. The summed E-state index contributed by atoms with van der Waals surface area (Å²) < 4.78 is 18.6. The minimum atomic E-state index is -1.60. The highest BCUT2D eigenvalue weighted by Crippen LogP contribution is 2.54. The summed E-state index contributed by atoms with van der Waals surface area (Å²) in [5.74, 6) is -4.66. The largest absolute Gasteiger partial charge is 0.615 e. The first kappa shape index (κ1) is 23.9. The van der Waals surface area contributed by atoms with Gasteiger partial charge in [0.25, 0.3) is 11.6 Å². The summed E-state index contributed by atoms with van der Waals surface area (Å²) in [5, 5.41) is 28.9. The number of thiazole rings is 1. The molecule has 5 rings (SSSR count). The second-order valence-corrected chi connectivity index (χ2v) is 10.4. The van der Waals surface area contributed by atoms with Crippen LogP contribution in [0.4, 0.5) is 5.13 Å². The molecular formula is C17H17N9O8S2. The van der Waals surface area contributed by atoms with Crippen LogP contribution >= 0.6 is 11.3 Å². The van der Waals surface area contributed by atoms with Crippen LogP contribution in [-0.2, 0) is 45.7 Å². The molecule has 2 aromatic rings. The Morgan fingerprint density at radius 2 is 2.31 bits per heavy atom. The van der Waals surface area contributed by atoms with Gasteiger partial charge < -0.3 is 30.3 Å². The van der Waals surface area contributed by atoms with Crippen LogP contribution in [0.15, 0.2) is 10.5 Å². The zero-order valence-electron chi connectivity index (χ0n) is 18.0. The number of aromatic amines is 1. The first-order valence-electron chi connectivity index (χ1n) is 10.3. The molecule has 36 heavy (non-hydrogen) atoms. The number of hydrogen-bond donors (Lipinski definition) is 4. The smallest absolute Gasteiger partial charge is 0.344 e. The van der Waals surface area contributed by atoms with Crippen molar-refractivity contribution < 1.29 is 38.4 Å². The number of aromatic nitrogens is 5. The van der Waals surface area contributed by atoms with Crippen molar-refractivity contribution in [3.8, 4) is 0 Å². The van der Waals surface area contributed by atoms with Crippen LogP contribution in [0.1, 0.15) is 17.9 Å². The van der Waals surface area contributed by atoms with Crippen LogP contribution in [0.2, 0.25) is 0 Å². The fraction of sp³-hybridized carbons (Fsp3) is 0.471. The Morgan fingerprint density at radius 1 is 1.50 bits per heavy atom. The van der Waals surface area contributed by atoms with Crippen LogP contribution in [0.3, 0.4) is 0 Å². The minimum Gasteiger partial charge on any atom is -0.615 e. The number of carboxylic acid groups (broad SMARTS) is 1. The number of amides is 2. The Bertz CT molecular complexity index is 1250. The van der Waals surface area contributed by atoms with Gasteiger partial charge in [0.2, 0.25) is 23.7 Å². The lowest BCUT2D eigenvalue weighted by Crippen LogP contribution is -2.77. The summed E-state index contributed by atoms with van der Waals surface area (Å²) in [5.41, 5.74) is 3.69. The van der Waals surface area contributed by atoms with Gasteiger partial charge in [-0.2, -0.15) is 0 Å². The van der Waals surface area contributed by atoms with Gasteiger partial charge in [-0.05, 0) is 21.6 Å². The van der Waals surface area contributed by atoms with E-state index in [0.717, 1.165) is 11.3 Å². The Hall–Kier alpha value is -3.84. The first-order valence-corrected chi connectivity index (χ1v) is 12.6. The van der Waals surface area contributed by atoms with Crippen molar-refractivity contribution in [3.63, 3.8) is 0 Å². The van der Waals surface area contributed by atoms with Crippen molar-refractivity contribution in [1.82, 2.24) is 35.8 Å². The standard InChI is InChI=1S/C17H17N9O8S2/c18-16-20-8(4-35-16)11(23-33-3-9(27)28)12(30)19-2-7-13(31)26-14(7)36(32)5-6-1-10(29)34-17(6,26)15-21-24-25-22-15/h4,6-7,14H,1-3,5H2,(H2,18,20)(H,19,30)(H,27,28)(H,21,22,24,25)/b23-11-/t6-,7+,14+,17+,36-/m0/s1. The maximum Gasteiger partial charge on any atom is 0.344 e. The van der Waals surface area contributed by atoms with Crippen molar-refractivity contribution in [2.75, 3.05) is 24.6 Å². The molecule has 190 valence electrons. The lowest BCUT2D eigenvalue weighted by atomic mass is 9.86. The summed E-state index contributed by atoms with van der Waals surface area (Å²) in [6.07, 6.45) is -0.0583. The van der Waals surface area contributed by atoms with Gasteiger partial charge >= 0.3 is 11.9 Å². The van der Waals surface area contributed by atoms with Crippen LogP contribution in [0.5, 0.6) is 0 Å². The number of fused-ring (bicyclic) bond motifs is 3. The first-order chi connectivity index (χ1) is 17.2. The number of carbonyl (C=O) groups is 4. The van der Waals surface area contributed by atoms with Gasteiger partial charge in [-0.3, -0.25) is 14.4 Å². The molecule has 3 aliphatic rings. The van der Waals surface area contributed by atoms with Crippen LogP contribution in [0.25, 0.3) is 0 Å². The Kier molecular flexibility index (Phi) is 5.96. The Labute approximate surface area is 207 Å². The second-order valence-electron chi connectivity index (χ2n) is 7.96. The predicted molar refractivity (Wildman–Crippen MR) is 117 cm³/mol. The maximum atomic E-state index is 13.2. The van der Waals surface area contributed by atoms with E-state index in [4.69, 9.17) is 15.6 Å². The molecule has 0 bridgehead atoms. The molecule has 0 aliphatic carbocycles. The number of β-lactam (4-membered cyclic amide) rings is 1. The van der Waals surface area contributed by atoms with Gasteiger partial charge in [0.05, 0.1) is 12.3 Å². The van der Waals surface area contributed by atoms with Gasteiger partial charge in [0.1, 0.15) is 17.4 Å². The van der Waals surface area contributed by atoms with Crippen LogP contribution < -0.4 is 11.1 Å². The molecule has 5 N–H and O–H groups in total. The van der Waals surface area contributed by atoms with Crippen molar-refractivity contribution in [1.29, 1.82) is 0 Å². The molecule has 3 aliphatic heterocycles. The number of oxime groups is 1. The van der Waals surface area contributed by atoms with Gasteiger partial charge in [0, 0.05) is 11.9 Å². The van der Waals surface area contributed by atoms with E-state index in [9.17, 15) is 23.7 Å². The molecule has 3 saturated heterocycles. The number of carboxylic acids is 1. The van der Waals surface area contributed by atoms with Gasteiger partial charge in [-0.15, -0.1) is 16.4 Å². The number of aliphatic carboxylic acids is 1. The number of anilines is 1. The number of nitrogens with zero attached hydrogens (tertiary/aromatic N) is 6. The van der Waals surface area contributed by atoms with E-state index in [-0.39, 0.29) is 41.1 Å². The third-order valence-electron chi connectivity index (χ3n) is 5.87. The summed E-state index contributed by atoms with van der Waals surface area (Å²) in [6.45, 7) is -1.04.